The van der Waals surface area contributed by atoms with Crippen LogP contribution in [0.15, 0.2) is 41.5 Å². The number of carbonyl (C=O) groups excluding carboxylic acids is 1. The number of hydrogen-bond donors (Lipinski definition) is 2. The van der Waals surface area contributed by atoms with E-state index in [9.17, 15) is 20.0 Å². The van der Waals surface area contributed by atoms with Gasteiger partial charge >= 0.3 is 5.69 Å². The number of hydrazone groups is 1. The molecule has 0 saturated carbocycles. The zero-order valence-electron chi connectivity index (χ0n) is 12.1. The van der Waals surface area contributed by atoms with Gasteiger partial charge in [0.15, 0.2) is 17.2 Å². The van der Waals surface area contributed by atoms with Crippen LogP contribution < -0.4 is 14.9 Å². The molecule has 0 aromatic heterocycles. The average Bonchev–Trinajstić information content (AvgIpc) is 3.03. The van der Waals surface area contributed by atoms with Crippen LogP contribution in [0, 0.1) is 10.1 Å². The third-order valence-corrected chi connectivity index (χ3v) is 3.21. The minimum absolute atomic E-state index is 0.109. The Balaban J connectivity index is 1.69. The van der Waals surface area contributed by atoms with E-state index < -0.39 is 22.3 Å². The van der Waals surface area contributed by atoms with Gasteiger partial charge in [-0.1, -0.05) is 0 Å². The van der Waals surface area contributed by atoms with Crippen molar-refractivity contribution in [3.8, 4) is 17.2 Å². The normalized spacial score (nSPS) is 12.3. The van der Waals surface area contributed by atoms with Crippen LogP contribution in [0.1, 0.15) is 15.9 Å². The van der Waals surface area contributed by atoms with Gasteiger partial charge in [0.2, 0.25) is 6.79 Å². The minimum Gasteiger partial charge on any atom is -0.502 e. The summed E-state index contributed by atoms with van der Waals surface area (Å²) in [6.07, 6.45) is 1.23. The third-order valence-electron chi connectivity index (χ3n) is 3.21. The first-order valence-corrected chi connectivity index (χ1v) is 6.75. The molecule has 1 heterocycles. The van der Waals surface area contributed by atoms with Crippen LogP contribution in [0.25, 0.3) is 0 Å². The van der Waals surface area contributed by atoms with Crippen LogP contribution in [0.3, 0.4) is 0 Å². The van der Waals surface area contributed by atoms with Gasteiger partial charge in [0, 0.05) is 17.2 Å². The number of aromatic hydroxyl groups is 1. The minimum atomic E-state index is -0.710. The van der Waals surface area contributed by atoms with Gasteiger partial charge in [-0.15, -0.1) is 0 Å². The summed E-state index contributed by atoms with van der Waals surface area (Å²) in [6, 6.07) is 8.45. The van der Waals surface area contributed by atoms with Gasteiger partial charge in [-0.25, -0.2) is 5.43 Å². The molecule has 0 radical (unpaired) electrons. The molecular formula is C15H11N3O6. The number of carbonyl (C=O) groups is 1. The molecule has 9 heteroatoms. The first-order chi connectivity index (χ1) is 11.5. The quantitative estimate of drug-likeness (QED) is 0.501. The van der Waals surface area contributed by atoms with E-state index in [1.54, 1.807) is 12.1 Å². The number of nitro groups is 1. The van der Waals surface area contributed by atoms with Crippen LogP contribution in [0.4, 0.5) is 5.69 Å². The number of nitrogens with one attached hydrogen (secondary N) is 1. The van der Waals surface area contributed by atoms with Crippen molar-refractivity contribution >= 4 is 17.8 Å². The van der Waals surface area contributed by atoms with Gasteiger partial charge in [-0.2, -0.15) is 5.10 Å². The number of nitrogens with zero attached hydrogens (tertiary/aromatic N) is 2. The summed E-state index contributed by atoms with van der Waals surface area (Å²) < 4.78 is 10.3. The number of phenols is 1. The zero-order chi connectivity index (χ0) is 17.1. The van der Waals surface area contributed by atoms with Crippen LogP contribution in [0.5, 0.6) is 17.2 Å². The molecule has 122 valence electrons. The molecule has 0 bridgehead atoms. The molecule has 0 saturated heterocycles. The summed E-state index contributed by atoms with van der Waals surface area (Å²) >= 11 is 0. The summed E-state index contributed by atoms with van der Waals surface area (Å²) in [5.41, 5.74) is 2.54. The Hall–Kier alpha value is -3.62. The van der Waals surface area contributed by atoms with E-state index in [-0.39, 0.29) is 6.79 Å². The Morgan fingerprint density at radius 2 is 2.04 bits per heavy atom. The Bertz CT molecular complexity index is 849. The number of ether oxygens (including phenoxy) is 2. The highest BCUT2D eigenvalue weighted by molar-refractivity contribution is 5.95. The molecular weight excluding hydrogens is 318 g/mol. The second kappa shape index (κ2) is 6.24. The topological polar surface area (TPSA) is 123 Å². The maximum Gasteiger partial charge on any atom is 0.311 e. The highest BCUT2D eigenvalue weighted by Crippen LogP contribution is 2.32. The van der Waals surface area contributed by atoms with E-state index >= 15 is 0 Å². The Morgan fingerprint density at radius 1 is 1.25 bits per heavy atom. The standard InChI is InChI=1S/C15H11N3O6/c19-12-3-1-9(5-11(12)18(21)22)7-16-17-15(20)10-2-4-13-14(6-10)24-8-23-13/h1-7,19H,8H2,(H,17,20)/b16-7+. The maximum atomic E-state index is 12.0. The van der Waals surface area contributed by atoms with Crippen molar-refractivity contribution in [1.82, 2.24) is 5.43 Å². The second-order valence-corrected chi connectivity index (χ2v) is 4.77. The van der Waals surface area contributed by atoms with Crippen molar-refractivity contribution in [2.45, 2.75) is 0 Å². The summed E-state index contributed by atoms with van der Waals surface area (Å²) in [4.78, 5) is 22.0. The Morgan fingerprint density at radius 3 is 2.83 bits per heavy atom. The highest BCUT2D eigenvalue weighted by atomic mass is 16.7. The summed E-state index contributed by atoms with van der Waals surface area (Å²) in [5, 5.41) is 23.9. The van der Waals surface area contributed by atoms with Crippen molar-refractivity contribution in [2.24, 2.45) is 5.10 Å². The lowest BCUT2D eigenvalue weighted by Gasteiger charge is -2.02. The van der Waals surface area contributed by atoms with E-state index in [1.807, 2.05) is 0 Å². The maximum absolute atomic E-state index is 12.0. The third kappa shape index (κ3) is 3.09. The fourth-order valence-corrected chi connectivity index (χ4v) is 2.03. The average molecular weight is 329 g/mol. The smallest absolute Gasteiger partial charge is 0.311 e. The van der Waals surface area contributed by atoms with Gasteiger partial charge in [0.1, 0.15) is 0 Å². The van der Waals surface area contributed by atoms with Gasteiger partial charge in [0.05, 0.1) is 11.1 Å². The van der Waals surface area contributed by atoms with Crippen LogP contribution in [-0.2, 0) is 0 Å². The summed E-state index contributed by atoms with van der Waals surface area (Å²) in [6.45, 7) is 0.109. The van der Waals surface area contributed by atoms with Gasteiger partial charge in [-0.05, 0) is 30.3 Å². The molecule has 0 unspecified atom stereocenters. The molecule has 1 amide bonds. The Kier molecular flexibility index (Phi) is 3.98. The van der Waals surface area contributed by atoms with E-state index in [4.69, 9.17) is 9.47 Å². The van der Waals surface area contributed by atoms with E-state index in [1.165, 1.54) is 24.4 Å². The van der Waals surface area contributed by atoms with Gasteiger partial charge in [0.25, 0.3) is 5.91 Å². The van der Waals surface area contributed by atoms with E-state index in [2.05, 4.69) is 10.5 Å². The zero-order valence-corrected chi connectivity index (χ0v) is 12.1. The highest BCUT2D eigenvalue weighted by Gasteiger charge is 2.16. The fourth-order valence-electron chi connectivity index (χ4n) is 2.03. The first kappa shape index (κ1) is 15.3. The molecule has 2 aromatic carbocycles. The van der Waals surface area contributed by atoms with Crippen molar-refractivity contribution in [1.29, 1.82) is 0 Å². The lowest BCUT2D eigenvalue weighted by molar-refractivity contribution is -0.385. The number of fused-ring (bicyclic) bond motifs is 1. The molecule has 0 spiro atoms. The van der Waals surface area contributed by atoms with Crippen molar-refractivity contribution < 1.29 is 24.3 Å². The van der Waals surface area contributed by atoms with Gasteiger partial charge < -0.3 is 14.6 Å². The number of amides is 1. The number of rotatable bonds is 4. The molecule has 3 rings (SSSR count). The molecule has 24 heavy (non-hydrogen) atoms. The first-order valence-electron chi connectivity index (χ1n) is 6.75. The molecule has 2 aromatic rings. The lowest BCUT2D eigenvalue weighted by Crippen LogP contribution is -2.17. The van der Waals surface area contributed by atoms with Crippen molar-refractivity contribution in [2.75, 3.05) is 6.79 Å². The number of benzene rings is 2. The van der Waals surface area contributed by atoms with E-state index in [0.717, 1.165) is 6.07 Å². The molecule has 2 N–H and O–H groups in total. The molecule has 1 aliphatic heterocycles. The lowest BCUT2D eigenvalue weighted by atomic mass is 10.2. The summed E-state index contributed by atoms with van der Waals surface area (Å²) in [7, 11) is 0. The van der Waals surface area contributed by atoms with Crippen LogP contribution in [0.2, 0.25) is 0 Å². The molecule has 1 aliphatic rings. The SMILES string of the molecule is O=C(N/N=C/c1ccc(O)c([N+](=O)[O-])c1)c1ccc2c(c1)OCO2. The predicted octanol–water partition coefficient (Wildman–Crippen LogP) is 1.79. The van der Waals surface area contributed by atoms with Crippen molar-refractivity contribution in [3.05, 3.63) is 57.6 Å². The molecule has 0 atom stereocenters. The molecule has 0 fully saturated rings. The fraction of sp³-hybridized carbons (Fsp3) is 0.0667. The number of nitro benzene ring substituents is 1. The molecule has 0 aliphatic carbocycles. The van der Waals surface area contributed by atoms with Crippen molar-refractivity contribution in [3.63, 3.8) is 0 Å². The van der Waals surface area contributed by atoms with Gasteiger partial charge in [-0.3, -0.25) is 14.9 Å². The molecule has 9 nitrogen and oxygen atoms in total. The predicted molar refractivity (Wildman–Crippen MR) is 82.4 cm³/mol. The second-order valence-electron chi connectivity index (χ2n) is 4.77. The van der Waals surface area contributed by atoms with Crippen LogP contribution >= 0.6 is 0 Å². The Labute approximate surface area is 135 Å². The monoisotopic (exact) mass is 329 g/mol. The number of phenolic OH excluding ortho intramolecular Hbond substituents is 1. The van der Waals surface area contributed by atoms with Crippen LogP contribution in [-0.4, -0.2) is 28.9 Å². The van der Waals surface area contributed by atoms with E-state index in [0.29, 0.717) is 22.6 Å². The summed E-state index contributed by atoms with van der Waals surface area (Å²) in [5.74, 6) is 0.117. The largest absolute Gasteiger partial charge is 0.502 e. The number of hydrogen-bond acceptors (Lipinski definition) is 7.